The molecule has 166 valence electrons. The molecule has 6 rings (SSSR count). The smallest absolute Gasteiger partial charge is 0.225 e. The lowest BCUT2D eigenvalue weighted by Gasteiger charge is -2.23. The highest BCUT2D eigenvalue weighted by Gasteiger charge is 2.24. The first kappa shape index (κ1) is 20.0. The van der Waals surface area contributed by atoms with Gasteiger partial charge in [-0.3, -0.25) is 4.57 Å². The number of benzene rings is 1. The SMILES string of the molecule is Fc1cc(-c2nc(Cl)nc3c2ncn3C2CCCCO2)cc2[nH]c([C@@H]3CCCOC3)nc12. The molecule has 8 nitrogen and oxygen atoms in total. The number of aromatic amines is 1. The molecule has 1 aromatic carbocycles. The third-order valence-corrected chi connectivity index (χ3v) is 6.41. The lowest BCUT2D eigenvalue weighted by molar-refractivity contribution is -0.0298. The lowest BCUT2D eigenvalue weighted by atomic mass is 10.0. The average molecular weight is 457 g/mol. The van der Waals surface area contributed by atoms with Crippen molar-refractivity contribution in [2.75, 3.05) is 19.8 Å². The van der Waals surface area contributed by atoms with E-state index in [4.69, 9.17) is 21.1 Å². The van der Waals surface area contributed by atoms with Gasteiger partial charge >= 0.3 is 0 Å². The summed E-state index contributed by atoms with van der Waals surface area (Å²) in [6.45, 7) is 2.06. The second-order valence-corrected chi connectivity index (χ2v) is 8.71. The maximum absolute atomic E-state index is 15.1. The zero-order valence-corrected chi connectivity index (χ0v) is 18.1. The Kier molecular flexibility index (Phi) is 5.04. The summed E-state index contributed by atoms with van der Waals surface area (Å²) in [4.78, 5) is 21.1. The van der Waals surface area contributed by atoms with E-state index in [9.17, 15) is 0 Å². The molecule has 2 fully saturated rings. The van der Waals surface area contributed by atoms with Crippen LogP contribution in [-0.2, 0) is 9.47 Å². The summed E-state index contributed by atoms with van der Waals surface area (Å²) >= 11 is 6.27. The van der Waals surface area contributed by atoms with Gasteiger partial charge in [0.25, 0.3) is 0 Å². The van der Waals surface area contributed by atoms with Crippen LogP contribution in [0.25, 0.3) is 33.5 Å². The number of hydrogen-bond acceptors (Lipinski definition) is 6. The Hall–Kier alpha value is -2.62. The predicted octanol–water partition coefficient (Wildman–Crippen LogP) is 4.76. The van der Waals surface area contributed by atoms with Crippen LogP contribution in [0.4, 0.5) is 4.39 Å². The monoisotopic (exact) mass is 456 g/mol. The fraction of sp³-hybridized carbons (Fsp3) is 0.455. The van der Waals surface area contributed by atoms with Crippen molar-refractivity contribution in [3.05, 3.63) is 35.4 Å². The molecule has 2 saturated heterocycles. The maximum Gasteiger partial charge on any atom is 0.225 e. The van der Waals surface area contributed by atoms with Gasteiger partial charge in [0.15, 0.2) is 11.5 Å². The van der Waals surface area contributed by atoms with Gasteiger partial charge in [-0.25, -0.2) is 19.3 Å². The summed E-state index contributed by atoms with van der Waals surface area (Å²) < 4.78 is 28.4. The van der Waals surface area contributed by atoms with Gasteiger partial charge in [0, 0.05) is 24.7 Å². The molecular formula is C22H22ClFN6O2. The standard InChI is InChI=1S/C22H22ClFN6O2/c23-22-28-17(19-21(29-22)30(11-25-19)16-5-1-2-7-32-16)13-8-14(24)18-15(9-13)26-20(27-18)12-4-3-6-31-10-12/h8-9,11-12,16H,1-7,10H2,(H,26,27)/t12-,16?/m1/s1. The van der Waals surface area contributed by atoms with Gasteiger partial charge in [0.05, 0.1) is 18.5 Å². The number of nitrogens with zero attached hydrogens (tertiary/aromatic N) is 5. The fourth-order valence-electron chi connectivity index (χ4n) is 4.63. The second kappa shape index (κ2) is 8.06. The molecule has 0 radical (unpaired) electrons. The van der Waals surface area contributed by atoms with Crippen LogP contribution in [0.3, 0.4) is 0 Å². The van der Waals surface area contributed by atoms with E-state index in [1.54, 1.807) is 6.33 Å². The summed E-state index contributed by atoms with van der Waals surface area (Å²) in [7, 11) is 0. The first-order chi connectivity index (χ1) is 15.7. The summed E-state index contributed by atoms with van der Waals surface area (Å²) in [5, 5.41) is 0.0789. The molecule has 10 heteroatoms. The number of H-pyrrole nitrogens is 1. The van der Waals surface area contributed by atoms with Crippen molar-refractivity contribution in [1.29, 1.82) is 0 Å². The van der Waals surface area contributed by atoms with E-state index in [-0.39, 0.29) is 17.4 Å². The van der Waals surface area contributed by atoms with Gasteiger partial charge in [-0.05, 0) is 55.8 Å². The van der Waals surface area contributed by atoms with Crippen molar-refractivity contribution in [2.45, 2.75) is 44.2 Å². The second-order valence-electron chi connectivity index (χ2n) is 8.38. The quantitative estimate of drug-likeness (QED) is 0.447. The Balaban J connectivity index is 1.45. The minimum atomic E-state index is -0.422. The number of fused-ring (bicyclic) bond motifs is 2. The van der Waals surface area contributed by atoms with Crippen LogP contribution in [0.5, 0.6) is 0 Å². The van der Waals surface area contributed by atoms with Gasteiger partial charge in [-0.1, -0.05) is 0 Å². The van der Waals surface area contributed by atoms with Gasteiger partial charge in [0.1, 0.15) is 28.8 Å². The molecule has 3 aromatic heterocycles. The fourth-order valence-corrected chi connectivity index (χ4v) is 4.79. The van der Waals surface area contributed by atoms with Gasteiger partial charge in [-0.15, -0.1) is 0 Å². The first-order valence-electron chi connectivity index (χ1n) is 11.0. The van der Waals surface area contributed by atoms with E-state index in [1.807, 2.05) is 10.6 Å². The van der Waals surface area contributed by atoms with Crippen molar-refractivity contribution in [3.63, 3.8) is 0 Å². The number of halogens is 2. The Morgan fingerprint density at radius 1 is 1.06 bits per heavy atom. The molecule has 32 heavy (non-hydrogen) atoms. The molecular weight excluding hydrogens is 435 g/mol. The van der Waals surface area contributed by atoms with E-state index in [1.165, 1.54) is 6.07 Å². The van der Waals surface area contributed by atoms with Crippen LogP contribution in [-0.4, -0.2) is 49.3 Å². The largest absolute Gasteiger partial charge is 0.381 e. The van der Waals surface area contributed by atoms with Crippen LogP contribution in [0.1, 0.15) is 50.1 Å². The first-order valence-corrected chi connectivity index (χ1v) is 11.3. The lowest BCUT2D eigenvalue weighted by Crippen LogP contribution is -2.17. The van der Waals surface area contributed by atoms with Crippen molar-refractivity contribution >= 4 is 33.8 Å². The third-order valence-electron chi connectivity index (χ3n) is 6.24. The van der Waals surface area contributed by atoms with Crippen molar-refractivity contribution < 1.29 is 13.9 Å². The zero-order chi connectivity index (χ0) is 21.7. The average Bonchev–Trinajstić information content (AvgIpc) is 3.44. The third kappa shape index (κ3) is 3.44. The van der Waals surface area contributed by atoms with Crippen LogP contribution in [0.15, 0.2) is 18.5 Å². The van der Waals surface area contributed by atoms with Crippen LogP contribution >= 0.6 is 11.6 Å². The Labute approximate surface area is 188 Å². The highest BCUT2D eigenvalue weighted by atomic mass is 35.5. The van der Waals surface area contributed by atoms with E-state index in [0.29, 0.717) is 46.7 Å². The molecule has 0 amide bonds. The molecule has 2 aliphatic rings. The minimum Gasteiger partial charge on any atom is -0.381 e. The molecule has 0 spiro atoms. The number of rotatable bonds is 3. The van der Waals surface area contributed by atoms with E-state index >= 15 is 4.39 Å². The van der Waals surface area contributed by atoms with Crippen molar-refractivity contribution in [1.82, 2.24) is 29.5 Å². The molecule has 0 bridgehead atoms. The molecule has 0 aliphatic carbocycles. The number of hydrogen-bond donors (Lipinski definition) is 1. The highest BCUT2D eigenvalue weighted by molar-refractivity contribution is 6.28. The molecule has 0 saturated carbocycles. The van der Waals surface area contributed by atoms with Crippen molar-refractivity contribution in [2.24, 2.45) is 0 Å². The van der Waals surface area contributed by atoms with E-state index in [2.05, 4.69) is 24.9 Å². The number of ether oxygens (including phenoxy) is 2. The predicted molar refractivity (Wildman–Crippen MR) is 117 cm³/mol. The van der Waals surface area contributed by atoms with Gasteiger partial charge in [-0.2, -0.15) is 4.98 Å². The highest BCUT2D eigenvalue weighted by Crippen LogP contribution is 2.33. The normalized spacial score (nSPS) is 22.1. The zero-order valence-electron chi connectivity index (χ0n) is 17.4. The molecule has 1 unspecified atom stereocenters. The van der Waals surface area contributed by atoms with Crippen molar-refractivity contribution in [3.8, 4) is 11.3 Å². The van der Waals surface area contributed by atoms with Gasteiger partial charge in [0.2, 0.25) is 5.28 Å². The summed E-state index contributed by atoms with van der Waals surface area (Å²) in [6, 6.07) is 3.27. The van der Waals surface area contributed by atoms with Crippen LogP contribution in [0, 0.1) is 5.82 Å². The topological polar surface area (TPSA) is 90.7 Å². The van der Waals surface area contributed by atoms with Gasteiger partial charge < -0.3 is 14.5 Å². The Morgan fingerprint density at radius 3 is 2.81 bits per heavy atom. The number of nitrogens with one attached hydrogen (secondary N) is 1. The molecule has 5 heterocycles. The van der Waals surface area contributed by atoms with E-state index < -0.39 is 5.82 Å². The number of aromatic nitrogens is 6. The van der Waals surface area contributed by atoms with Crippen LogP contribution < -0.4 is 0 Å². The Bertz CT molecular complexity index is 1290. The van der Waals surface area contributed by atoms with Crippen LogP contribution in [0.2, 0.25) is 5.28 Å². The van der Waals surface area contributed by atoms with E-state index in [0.717, 1.165) is 44.5 Å². The maximum atomic E-state index is 15.1. The summed E-state index contributed by atoms with van der Waals surface area (Å²) in [5.74, 6) is 0.473. The molecule has 2 atom stereocenters. The Morgan fingerprint density at radius 2 is 2.00 bits per heavy atom. The minimum absolute atomic E-state index is 0.0789. The number of imidazole rings is 2. The summed E-state index contributed by atoms with van der Waals surface area (Å²) in [6.07, 6.45) is 6.50. The summed E-state index contributed by atoms with van der Waals surface area (Å²) in [5.41, 5.74) is 3.10. The molecule has 4 aromatic rings. The molecule has 2 aliphatic heterocycles. The molecule has 1 N–H and O–H groups in total.